The van der Waals surface area contributed by atoms with E-state index >= 15 is 0 Å². The van der Waals surface area contributed by atoms with Gasteiger partial charge in [-0.1, -0.05) is 24.3 Å². The van der Waals surface area contributed by atoms with E-state index in [0.29, 0.717) is 22.5 Å². The number of hydrogen-bond donors (Lipinski definition) is 2. The van der Waals surface area contributed by atoms with E-state index in [1.165, 1.54) is 0 Å². The van der Waals surface area contributed by atoms with Crippen molar-refractivity contribution in [1.29, 1.82) is 0 Å². The van der Waals surface area contributed by atoms with E-state index in [4.69, 9.17) is 18.1 Å². The minimum absolute atomic E-state index is 0.123. The Morgan fingerprint density at radius 2 is 0.810 bits per heavy atom. The molecule has 0 saturated carbocycles. The highest BCUT2D eigenvalue weighted by Crippen LogP contribution is 2.52. The number of carbonyl (C=O) groups excluding carboxylic acids is 2. The quantitative estimate of drug-likeness (QED) is 0.157. The molecule has 226 valence electrons. The lowest BCUT2D eigenvalue weighted by Gasteiger charge is -2.17. The summed E-state index contributed by atoms with van der Waals surface area (Å²) in [6, 6.07) is 20.2. The Morgan fingerprint density at radius 3 is 1.07 bits per heavy atom. The van der Waals surface area contributed by atoms with Crippen molar-refractivity contribution in [2.75, 3.05) is 37.1 Å². The van der Waals surface area contributed by atoms with Gasteiger partial charge in [-0.2, -0.15) is 0 Å². The van der Waals surface area contributed by atoms with Gasteiger partial charge in [-0.25, -0.2) is 0 Å². The van der Waals surface area contributed by atoms with Gasteiger partial charge in [-0.15, -0.1) is 0 Å². The normalized spacial score (nSPS) is 11.7. The van der Waals surface area contributed by atoms with Crippen LogP contribution in [0.5, 0.6) is 0 Å². The first-order valence-electron chi connectivity index (χ1n) is 13.8. The third kappa shape index (κ3) is 10.0. The van der Waals surface area contributed by atoms with Crippen LogP contribution in [0.1, 0.15) is 59.5 Å². The van der Waals surface area contributed by atoms with Crippen LogP contribution >= 0.6 is 15.2 Å². The smallest absolute Gasteiger partial charge is 0.322 e. The zero-order valence-corrected chi connectivity index (χ0v) is 26.1. The van der Waals surface area contributed by atoms with Gasteiger partial charge < -0.3 is 28.7 Å². The molecule has 3 rings (SSSR count). The van der Waals surface area contributed by atoms with E-state index in [1.807, 2.05) is 0 Å². The van der Waals surface area contributed by atoms with Crippen molar-refractivity contribution >= 4 is 38.4 Å². The highest BCUT2D eigenvalue weighted by molar-refractivity contribution is 7.53. The summed E-state index contributed by atoms with van der Waals surface area (Å²) in [7, 11) is -6.47. The highest BCUT2D eigenvalue weighted by atomic mass is 31.2. The molecule has 0 fully saturated rings. The van der Waals surface area contributed by atoms with Crippen LogP contribution in [-0.4, -0.2) is 38.2 Å². The van der Waals surface area contributed by atoms with Crippen molar-refractivity contribution in [3.63, 3.8) is 0 Å². The zero-order valence-electron chi connectivity index (χ0n) is 24.3. The van der Waals surface area contributed by atoms with Gasteiger partial charge >= 0.3 is 15.2 Å². The summed E-state index contributed by atoms with van der Waals surface area (Å²) in [5.41, 5.74) is 3.44. The molecule has 0 aliphatic carbocycles. The van der Waals surface area contributed by atoms with Crippen molar-refractivity contribution in [3.05, 3.63) is 95.1 Å². The summed E-state index contributed by atoms with van der Waals surface area (Å²) < 4.78 is 46.8. The van der Waals surface area contributed by atoms with E-state index in [0.717, 1.165) is 11.1 Å². The Labute approximate surface area is 247 Å². The van der Waals surface area contributed by atoms with Crippen LogP contribution in [0.4, 0.5) is 11.4 Å². The summed E-state index contributed by atoms with van der Waals surface area (Å²) in [4.78, 5) is 25.5. The van der Waals surface area contributed by atoms with Crippen molar-refractivity contribution in [2.45, 2.75) is 40.0 Å². The number of nitrogens with one attached hydrogen (secondary N) is 2. The number of anilines is 2. The fourth-order valence-corrected chi connectivity index (χ4v) is 7.46. The molecular formula is C30H38N2O8P2. The van der Waals surface area contributed by atoms with E-state index in [-0.39, 0.29) is 50.6 Å². The summed E-state index contributed by atoms with van der Waals surface area (Å²) in [5, 5.41) is 5.64. The predicted molar refractivity (Wildman–Crippen MR) is 164 cm³/mol. The Morgan fingerprint density at radius 1 is 0.524 bits per heavy atom. The summed E-state index contributed by atoms with van der Waals surface area (Å²) >= 11 is 0. The SMILES string of the molecule is CCOP(=O)(Cc1ccc(C(=O)Nc2ccc(NC(=O)c3ccc(CP(=O)(OCC)OCC)cc3)cc2)cc1)OCC. The fourth-order valence-electron chi connectivity index (χ4n) is 4.06. The van der Waals surface area contributed by atoms with Crippen LogP contribution in [-0.2, 0) is 39.5 Å². The standard InChI is InChI=1S/C30H38N2O8P2/c1-5-37-41(35,38-6-2)21-23-9-13-25(14-10-23)29(33)31-27-17-19-28(20-18-27)32-30(34)26-15-11-24(12-16-26)22-42(36,39-7-3)40-8-4/h9-20H,5-8,21-22H2,1-4H3,(H,31,33)(H,32,34). The van der Waals surface area contributed by atoms with Crippen LogP contribution in [0.25, 0.3) is 0 Å². The molecule has 0 heterocycles. The van der Waals surface area contributed by atoms with Crippen LogP contribution in [0, 0.1) is 0 Å². The molecule has 0 atom stereocenters. The van der Waals surface area contributed by atoms with Gasteiger partial charge in [0.15, 0.2) is 0 Å². The molecule has 10 nitrogen and oxygen atoms in total. The Hall–Kier alpha value is -3.10. The third-order valence-electron chi connectivity index (χ3n) is 5.89. The molecular weight excluding hydrogens is 578 g/mol. The molecule has 0 spiro atoms. The first-order valence-corrected chi connectivity index (χ1v) is 17.2. The van der Waals surface area contributed by atoms with E-state index in [9.17, 15) is 18.7 Å². The lowest BCUT2D eigenvalue weighted by atomic mass is 10.1. The maximum atomic E-state index is 12.7. The number of amides is 2. The number of carbonyl (C=O) groups is 2. The summed E-state index contributed by atoms with van der Waals surface area (Å²) in [6.45, 7) is 8.16. The van der Waals surface area contributed by atoms with Crippen LogP contribution in [0.15, 0.2) is 72.8 Å². The first kappa shape index (κ1) is 33.4. The molecule has 0 aliphatic heterocycles. The minimum Gasteiger partial charge on any atom is -0.322 e. The van der Waals surface area contributed by atoms with Gasteiger partial charge in [0.2, 0.25) is 0 Å². The molecule has 0 aliphatic rings. The second-order valence-corrected chi connectivity index (χ2v) is 13.2. The third-order valence-corrected chi connectivity index (χ3v) is 10.00. The molecule has 42 heavy (non-hydrogen) atoms. The summed E-state index contributed by atoms with van der Waals surface area (Å²) in [5.74, 6) is -0.621. The largest absolute Gasteiger partial charge is 0.335 e. The summed E-state index contributed by atoms with van der Waals surface area (Å²) in [6.07, 6.45) is 0.246. The second kappa shape index (κ2) is 15.9. The Kier molecular flexibility index (Phi) is 12.7. The van der Waals surface area contributed by atoms with Crippen LogP contribution in [0.2, 0.25) is 0 Å². The van der Waals surface area contributed by atoms with Gasteiger partial charge in [0.1, 0.15) is 0 Å². The number of rotatable bonds is 16. The van der Waals surface area contributed by atoms with Crippen molar-refractivity contribution in [1.82, 2.24) is 0 Å². The molecule has 0 saturated heterocycles. The first-order chi connectivity index (χ1) is 20.1. The van der Waals surface area contributed by atoms with Crippen LogP contribution in [0.3, 0.4) is 0 Å². The van der Waals surface area contributed by atoms with Crippen molar-refractivity contribution < 1.29 is 36.8 Å². The molecule has 0 bridgehead atoms. The Balaban J connectivity index is 1.56. The molecule has 3 aromatic carbocycles. The molecule has 12 heteroatoms. The average molecular weight is 617 g/mol. The van der Waals surface area contributed by atoms with E-state index in [1.54, 1.807) is 100 Å². The number of benzene rings is 3. The molecule has 0 unspecified atom stereocenters. The van der Waals surface area contributed by atoms with Gasteiger partial charge in [-0.05, 0) is 87.4 Å². The molecule has 2 amide bonds. The van der Waals surface area contributed by atoms with Gasteiger partial charge in [0.05, 0.1) is 38.8 Å². The van der Waals surface area contributed by atoms with Crippen molar-refractivity contribution in [3.8, 4) is 0 Å². The topological polar surface area (TPSA) is 129 Å². The lowest BCUT2D eigenvalue weighted by molar-refractivity contribution is 0.101. The molecule has 2 N–H and O–H groups in total. The minimum atomic E-state index is -3.23. The number of hydrogen-bond acceptors (Lipinski definition) is 8. The molecule has 0 aromatic heterocycles. The zero-order chi connectivity index (χ0) is 30.6. The fraction of sp³-hybridized carbons (Fsp3) is 0.333. The maximum Gasteiger partial charge on any atom is 0.335 e. The van der Waals surface area contributed by atoms with E-state index < -0.39 is 15.2 Å². The van der Waals surface area contributed by atoms with Gasteiger partial charge in [0.25, 0.3) is 11.8 Å². The van der Waals surface area contributed by atoms with Crippen LogP contribution < -0.4 is 10.6 Å². The van der Waals surface area contributed by atoms with Gasteiger partial charge in [-0.3, -0.25) is 18.7 Å². The Bertz CT molecular complexity index is 1280. The second-order valence-electron chi connectivity index (χ2n) is 9.09. The highest BCUT2D eigenvalue weighted by Gasteiger charge is 2.25. The molecule has 3 aromatic rings. The predicted octanol–water partition coefficient (Wildman–Crippen LogP) is 7.72. The van der Waals surface area contributed by atoms with Gasteiger partial charge in [0, 0.05) is 22.5 Å². The molecule has 0 radical (unpaired) electrons. The van der Waals surface area contributed by atoms with Crippen molar-refractivity contribution in [2.24, 2.45) is 0 Å². The lowest BCUT2D eigenvalue weighted by Crippen LogP contribution is -2.13. The maximum absolute atomic E-state index is 12.7. The van der Waals surface area contributed by atoms with E-state index in [2.05, 4.69) is 10.6 Å². The monoisotopic (exact) mass is 616 g/mol. The average Bonchev–Trinajstić information content (AvgIpc) is 2.95.